The summed E-state index contributed by atoms with van der Waals surface area (Å²) in [6.07, 6.45) is 2.23. The van der Waals surface area contributed by atoms with Gasteiger partial charge in [-0.2, -0.15) is 0 Å². The third-order valence-corrected chi connectivity index (χ3v) is 4.44. The standard InChI is InChI=1S/C18H21Cl2N/c1-3-12-21-17(4-2)14-10-8-13(9-11-14)15-6-5-7-16(19)18(15)20/h5-11,17,21H,3-4,12H2,1-2H3. The molecule has 0 heterocycles. The number of rotatable bonds is 6. The molecule has 2 aromatic carbocycles. The summed E-state index contributed by atoms with van der Waals surface area (Å²) in [5.41, 5.74) is 3.38. The van der Waals surface area contributed by atoms with Crippen LogP contribution >= 0.6 is 23.2 Å². The van der Waals surface area contributed by atoms with E-state index in [1.165, 1.54) is 5.56 Å². The summed E-state index contributed by atoms with van der Waals surface area (Å²) < 4.78 is 0. The van der Waals surface area contributed by atoms with Crippen LogP contribution in [0, 0.1) is 0 Å². The lowest BCUT2D eigenvalue weighted by Gasteiger charge is -2.17. The molecule has 0 amide bonds. The van der Waals surface area contributed by atoms with E-state index >= 15 is 0 Å². The second-order valence-corrected chi connectivity index (χ2v) is 5.92. The normalized spacial score (nSPS) is 12.4. The quantitative estimate of drug-likeness (QED) is 0.676. The Labute approximate surface area is 137 Å². The molecule has 0 aliphatic carbocycles. The van der Waals surface area contributed by atoms with E-state index in [1.807, 2.05) is 18.2 Å². The predicted octanol–water partition coefficient (Wildman–Crippen LogP) is 6.11. The molecule has 0 spiro atoms. The fourth-order valence-electron chi connectivity index (χ4n) is 2.44. The van der Waals surface area contributed by atoms with E-state index in [9.17, 15) is 0 Å². The summed E-state index contributed by atoms with van der Waals surface area (Å²) >= 11 is 12.4. The van der Waals surface area contributed by atoms with E-state index in [4.69, 9.17) is 23.2 Å². The lowest BCUT2D eigenvalue weighted by atomic mass is 9.99. The van der Waals surface area contributed by atoms with Crippen molar-refractivity contribution in [3.05, 3.63) is 58.1 Å². The van der Waals surface area contributed by atoms with Crippen LogP contribution in [0.2, 0.25) is 10.0 Å². The van der Waals surface area contributed by atoms with Gasteiger partial charge in [-0.05, 0) is 36.6 Å². The van der Waals surface area contributed by atoms with E-state index in [2.05, 4.69) is 43.4 Å². The molecule has 1 nitrogen and oxygen atoms in total. The van der Waals surface area contributed by atoms with Gasteiger partial charge in [-0.3, -0.25) is 0 Å². The summed E-state index contributed by atoms with van der Waals surface area (Å²) in [7, 11) is 0. The number of hydrogen-bond acceptors (Lipinski definition) is 1. The highest BCUT2D eigenvalue weighted by molar-refractivity contribution is 6.43. The van der Waals surface area contributed by atoms with Crippen LogP contribution in [0.1, 0.15) is 38.3 Å². The monoisotopic (exact) mass is 321 g/mol. The topological polar surface area (TPSA) is 12.0 Å². The highest BCUT2D eigenvalue weighted by atomic mass is 35.5. The molecule has 2 aromatic rings. The van der Waals surface area contributed by atoms with Gasteiger partial charge < -0.3 is 5.32 Å². The first-order valence-electron chi connectivity index (χ1n) is 7.45. The Bertz CT molecular complexity index is 578. The zero-order valence-electron chi connectivity index (χ0n) is 12.5. The van der Waals surface area contributed by atoms with Gasteiger partial charge in [0.25, 0.3) is 0 Å². The fraction of sp³-hybridized carbons (Fsp3) is 0.333. The molecule has 0 saturated carbocycles. The van der Waals surface area contributed by atoms with Crippen LogP contribution in [0.25, 0.3) is 11.1 Å². The zero-order chi connectivity index (χ0) is 15.2. The Hall–Kier alpha value is -1.02. The predicted molar refractivity (Wildman–Crippen MR) is 93.2 cm³/mol. The van der Waals surface area contributed by atoms with Gasteiger partial charge in [0.05, 0.1) is 10.0 Å². The van der Waals surface area contributed by atoms with Crippen LogP contribution < -0.4 is 5.32 Å². The molecule has 2 rings (SSSR count). The molecule has 1 N–H and O–H groups in total. The van der Waals surface area contributed by atoms with E-state index in [0.29, 0.717) is 16.1 Å². The van der Waals surface area contributed by atoms with Crippen LogP contribution in [0.15, 0.2) is 42.5 Å². The van der Waals surface area contributed by atoms with Gasteiger partial charge in [0.2, 0.25) is 0 Å². The number of halogens is 2. The average molecular weight is 322 g/mol. The second-order valence-electron chi connectivity index (χ2n) is 5.14. The van der Waals surface area contributed by atoms with Crippen molar-refractivity contribution < 1.29 is 0 Å². The third-order valence-electron chi connectivity index (χ3n) is 3.62. The van der Waals surface area contributed by atoms with Gasteiger partial charge in [-0.15, -0.1) is 0 Å². The van der Waals surface area contributed by atoms with Gasteiger partial charge >= 0.3 is 0 Å². The van der Waals surface area contributed by atoms with Crippen LogP contribution in [-0.2, 0) is 0 Å². The third kappa shape index (κ3) is 4.00. The molecule has 0 saturated heterocycles. The molecular weight excluding hydrogens is 301 g/mol. The highest BCUT2D eigenvalue weighted by Crippen LogP contribution is 2.33. The maximum Gasteiger partial charge on any atom is 0.0670 e. The smallest absolute Gasteiger partial charge is 0.0670 e. The maximum absolute atomic E-state index is 6.28. The van der Waals surface area contributed by atoms with Crippen molar-refractivity contribution in [2.24, 2.45) is 0 Å². The van der Waals surface area contributed by atoms with Crippen molar-refractivity contribution in [1.29, 1.82) is 0 Å². The molecule has 1 atom stereocenters. The zero-order valence-corrected chi connectivity index (χ0v) is 14.0. The second kappa shape index (κ2) is 7.84. The molecule has 0 aliphatic heterocycles. The van der Waals surface area contributed by atoms with Crippen molar-refractivity contribution in [3.8, 4) is 11.1 Å². The minimum atomic E-state index is 0.411. The number of benzene rings is 2. The molecular formula is C18H21Cl2N. The van der Waals surface area contributed by atoms with E-state index in [-0.39, 0.29) is 0 Å². The highest BCUT2D eigenvalue weighted by Gasteiger charge is 2.10. The van der Waals surface area contributed by atoms with Gasteiger partial charge in [0.15, 0.2) is 0 Å². The van der Waals surface area contributed by atoms with Crippen molar-refractivity contribution in [2.75, 3.05) is 6.54 Å². The van der Waals surface area contributed by atoms with Crippen molar-refractivity contribution in [2.45, 2.75) is 32.7 Å². The lowest BCUT2D eigenvalue weighted by molar-refractivity contribution is 0.518. The van der Waals surface area contributed by atoms with E-state index in [0.717, 1.165) is 30.5 Å². The van der Waals surface area contributed by atoms with Crippen molar-refractivity contribution in [1.82, 2.24) is 5.32 Å². The molecule has 112 valence electrons. The fourth-order valence-corrected chi connectivity index (χ4v) is 2.85. The Morgan fingerprint density at radius 1 is 1.00 bits per heavy atom. The van der Waals surface area contributed by atoms with Gasteiger partial charge in [0, 0.05) is 11.6 Å². The van der Waals surface area contributed by atoms with E-state index in [1.54, 1.807) is 0 Å². The Balaban J connectivity index is 2.24. The molecule has 0 aliphatic rings. The van der Waals surface area contributed by atoms with Crippen LogP contribution in [0.5, 0.6) is 0 Å². The summed E-state index contributed by atoms with van der Waals surface area (Å²) in [4.78, 5) is 0. The molecule has 21 heavy (non-hydrogen) atoms. The summed E-state index contributed by atoms with van der Waals surface area (Å²) in [6.45, 7) is 5.43. The summed E-state index contributed by atoms with van der Waals surface area (Å²) in [5, 5.41) is 4.77. The Morgan fingerprint density at radius 2 is 1.71 bits per heavy atom. The minimum absolute atomic E-state index is 0.411. The van der Waals surface area contributed by atoms with Gasteiger partial charge in [-0.1, -0.05) is 73.4 Å². The molecule has 0 bridgehead atoms. The summed E-state index contributed by atoms with van der Waals surface area (Å²) in [6, 6.07) is 14.7. The first-order chi connectivity index (χ1) is 10.2. The van der Waals surface area contributed by atoms with E-state index < -0.39 is 0 Å². The van der Waals surface area contributed by atoms with Crippen LogP contribution in [0.4, 0.5) is 0 Å². The Kier molecular flexibility index (Phi) is 6.10. The first-order valence-corrected chi connectivity index (χ1v) is 8.20. The average Bonchev–Trinajstić information content (AvgIpc) is 2.51. The molecule has 3 heteroatoms. The minimum Gasteiger partial charge on any atom is -0.310 e. The van der Waals surface area contributed by atoms with Crippen molar-refractivity contribution >= 4 is 23.2 Å². The number of hydrogen-bond donors (Lipinski definition) is 1. The Morgan fingerprint density at radius 3 is 2.33 bits per heavy atom. The lowest BCUT2D eigenvalue weighted by Crippen LogP contribution is -2.21. The van der Waals surface area contributed by atoms with Crippen LogP contribution in [-0.4, -0.2) is 6.54 Å². The first kappa shape index (κ1) is 16.4. The van der Waals surface area contributed by atoms with Crippen LogP contribution in [0.3, 0.4) is 0 Å². The molecule has 0 aromatic heterocycles. The largest absolute Gasteiger partial charge is 0.310 e. The maximum atomic E-state index is 6.28. The summed E-state index contributed by atoms with van der Waals surface area (Å²) in [5.74, 6) is 0. The molecule has 0 radical (unpaired) electrons. The molecule has 1 unspecified atom stereocenters. The number of nitrogens with one attached hydrogen (secondary N) is 1. The van der Waals surface area contributed by atoms with Gasteiger partial charge in [0.1, 0.15) is 0 Å². The van der Waals surface area contributed by atoms with Crippen molar-refractivity contribution in [3.63, 3.8) is 0 Å². The SMILES string of the molecule is CCCNC(CC)c1ccc(-c2cccc(Cl)c2Cl)cc1. The van der Waals surface area contributed by atoms with Gasteiger partial charge in [-0.25, -0.2) is 0 Å². The molecule has 0 fully saturated rings.